The molecule has 2 aromatic rings. The Morgan fingerprint density at radius 2 is 2.06 bits per heavy atom. The van der Waals surface area contributed by atoms with E-state index in [9.17, 15) is 9.18 Å². The lowest BCUT2D eigenvalue weighted by molar-refractivity contribution is 0.0945. The molecule has 0 aliphatic heterocycles. The van der Waals surface area contributed by atoms with Crippen LogP contribution in [-0.2, 0) is 13.1 Å². The fourth-order valence-electron chi connectivity index (χ4n) is 1.53. The molecule has 0 saturated heterocycles. The van der Waals surface area contributed by atoms with Crippen LogP contribution in [0.3, 0.4) is 0 Å². The lowest BCUT2D eigenvalue weighted by atomic mass is 10.2. The van der Waals surface area contributed by atoms with Gasteiger partial charge in [-0.2, -0.15) is 5.10 Å². The van der Waals surface area contributed by atoms with E-state index in [1.165, 1.54) is 12.1 Å². The molecule has 0 atom stereocenters. The van der Waals surface area contributed by atoms with Gasteiger partial charge in [-0.05, 0) is 30.7 Å². The minimum Gasteiger partial charge on any atom is -0.347 e. The first-order valence-electron chi connectivity index (χ1n) is 5.75. The van der Waals surface area contributed by atoms with Gasteiger partial charge in [0.15, 0.2) is 0 Å². The van der Waals surface area contributed by atoms with Gasteiger partial charge >= 0.3 is 0 Å². The molecule has 1 N–H and O–H groups in total. The zero-order valence-electron chi connectivity index (χ0n) is 10.1. The van der Waals surface area contributed by atoms with E-state index < -0.39 is 0 Å². The molecule has 18 heavy (non-hydrogen) atoms. The van der Waals surface area contributed by atoms with Gasteiger partial charge in [0.1, 0.15) is 11.5 Å². The summed E-state index contributed by atoms with van der Waals surface area (Å²) in [7, 11) is 0. The Morgan fingerprint density at radius 1 is 1.33 bits per heavy atom. The number of rotatable bonds is 4. The average molecular weight is 247 g/mol. The number of benzene rings is 1. The smallest absolute Gasteiger partial charge is 0.272 e. The number of nitrogens with zero attached hydrogens (tertiary/aromatic N) is 2. The van der Waals surface area contributed by atoms with Gasteiger partial charge in [0, 0.05) is 19.3 Å². The SMILES string of the molecule is CCn1ccc(C(=O)NCc2ccc(F)cc2)n1. The maximum Gasteiger partial charge on any atom is 0.272 e. The number of carbonyl (C=O) groups excluding carboxylic acids is 1. The van der Waals surface area contributed by atoms with Crippen molar-refractivity contribution in [2.75, 3.05) is 0 Å². The van der Waals surface area contributed by atoms with Crippen molar-refractivity contribution in [3.8, 4) is 0 Å². The van der Waals surface area contributed by atoms with Crippen molar-refractivity contribution < 1.29 is 9.18 Å². The van der Waals surface area contributed by atoms with E-state index in [-0.39, 0.29) is 11.7 Å². The summed E-state index contributed by atoms with van der Waals surface area (Å²) in [5.41, 5.74) is 1.23. The molecule has 1 amide bonds. The van der Waals surface area contributed by atoms with Crippen molar-refractivity contribution in [1.82, 2.24) is 15.1 Å². The predicted octanol–water partition coefficient (Wildman–Crippen LogP) is 1.97. The number of hydrogen-bond acceptors (Lipinski definition) is 2. The molecule has 0 saturated carbocycles. The molecular formula is C13H14FN3O. The first-order chi connectivity index (χ1) is 8.69. The van der Waals surface area contributed by atoms with Crippen molar-refractivity contribution >= 4 is 5.91 Å². The standard InChI is InChI=1S/C13H14FN3O/c1-2-17-8-7-12(16-17)13(18)15-9-10-3-5-11(14)6-4-10/h3-8H,2,9H2,1H3,(H,15,18). The summed E-state index contributed by atoms with van der Waals surface area (Å²) >= 11 is 0. The molecule has 0 aliphatic rings. The van der Waals surface area contributed by atoms with Gasteiger partial charge in [-0.1, -0.05) is 12.1 Å². The fraction of sp³-hybridized carbons (Fsp3) is 0.231. The fourth-order valence-corrected chi connectivity index (χ4v) is 1.53. The molecule has 0 aliphatic carbocycles. The third-order valence-corrected chi connectivity index (χ3v) is 2.56. The van der Waals surface area contributed by atoms with Crippen molar-refractivity contribution in [1.29, 1.82) is 0 Å². The van der Waals surface area contributed by atoms with Crippen LogP contribution in [0.5, 0.6) is 0 Å². The summed E-state index contributed by atoms with van der Waals surface area (Å²) in [5.74, 6) is -0.515. The Morgan fingerprint density at radius 3 is 2.67 bits per heavy atom. The Balaban J connectivity index is 1.93. The minimum atomic E-state index is -0.285. The molecule has 0 unspecified atom stereocenters. The molecule has 0 fully saturated rings. The van der Waals surface area contributed by atoms with Crippen molar-refractivity contribution in [2.24, 2.45) is 0 Å². The van der Waals surface area contributed by atoms with E-state index in [0.29, 0.717) is 12.2 Å². The van der Waals surface area contributed by atoms with E-state index in [4.69, 9.17) is 0 Å². The lowest BCUT2D eigenvalue weighted by Crippen LogP contribution is -2.23. The lowest BCUT2D eigenvalue weighted by Gasteiger charge is -2.03. The van der Waals surface area contributed by atoms with Gasteiger partial charge in [0.25, 0.3) is 5.91 Å². The number of aryl methyl sites for hydroxylation is 1. The first-order valence-corrected chi connectivity index (χ1v) is 5.75. The van der Waals surface area contributed by atoms with Gasteiger partial charge in [-0.3, -0.25) is 9.48 Å². The maximum absolute atomic E-state index is 12.7. The zero-order valence-corrected chi connectivity index (χ0v) is 10.1. The molecule has 94 valence electrons. The molecule has 0 spiro atoms. The van der Waals surface area contributed by atoms with Gasteiger partial charge in [0.2, 0.25) is 0 Å². The molecule has 2 rings (SSSR count). The molecule has 1 aromatic carbocycles. The maximum atomic E-state index is 12.7. The monoisotopic (exact) mass is 247 g/mol. The van der Waals surface area contributed by atoms with Crippen LogP contribution in [0.15, 0.2) is 36.5 Å². The molecule has 5 heteroatoms. The van der Waals surface area contributed by atoms with Crippen molar-refractivity contribution in [3.63, 3.8) is 0 Å². The van der Waals surface area contributed by atoms with Crippen LogP contribution >= 0.6 is 0 Å². The summed E-state index contributed by atoms with van der Waals surface area (Å²) in [6.45, 7) is 3.04. The second kappa shape index (κ2) is 5.44. The average Bonchev–Trinajstić information content (AvgIpc) is 2.86. The van der Waals surface area contributed by atoms with E-state index in [1.54, 1.807) is 29.1 Å². The number of carbonyl (C=O) groups is 1. The van der Waals surface area contributed by atoms with E-state index in [1.807, 2.05) is 6.92 Å². The van der Waals surface area contributed by atoms with Crippen LogP contribution in [-0.4, -0.2) is 15.7 Å². The van der Waals surface area contributed by atoms with Crippen LogP contribution in [0.2, 0.25) is 0 Å². The minimum absolute atomic E-state index is 0.230. The Hall–Kier alpha value is -2.17. The predicted molar refractivity (Wildman–Crippen MR) is 65.5 cm³/mol. The highest BCUT2D eigenvalue weighted by molar-refractivity contribution is 5.92. The number of aromatic nitrogens is 2. The Labute approximate surface area is 104 Å². The van der Waals surface area contributed by atoms with Crippen LogP contribution in [0, 0.1) is 5.82 Å². The first kappa shape index (κ1) is 12.3. The molecule has 1 aromatic heterocycles. The van der Waals surface area contributed by atoms with Gasteiger partial charge < -0.3 is 5.32 Å². The second-order valence-corrected chi connectivity index (χ2v) is 3.87. The van der Waals surface area contributed by atoms with Crippen LogP contribution in [0.4, 0.5) is 4.39 Å². The molecule has 1 heterocycles. The van der Waals surface area contributed by atoms with Crippen LogP contribution in [0.25, 0.3) is 0 Å². The molecular weight excluding hydrogens is 233 g/mol. The van der Waals surface area contributed by atoms with E-state index in [0.717, 1.165) is 12.1 Å². The highest BCUT2D eigenvalue weighted by atomic mass is 19.1. The molecule has 0 radical (unpaired) electrons. The quantitative estimate of drug-likeness (QED) is 0.897. The Kier molecular flexibility index (Phi) is 3.72. The van der Waals surface area contributed by atoms with E-state index in [2.05, 4.69) is 10.4 Å². The summed E-state index contributed by atoms with van der Waals surface area (Å²) in [6, 6.07) is 7.69. The van der Waals surface area contributed by atoms with Crippen LogP contribution < -0.4 is 5.32 Å². The van der Waals surface area contributed by atoms with Crippen LogP contribution in [0.1, 0.15) is 23.0 Å². The summed E-state index contributed by atoms with van der Waals surface area (Å²) in [6.07, 6.45) is 1.76. The highest BCUT2D eigenvalue weighted by Gasteiger charge is 2.08. The topological polar surface area (TPSA) is 46.9 Å². The van der Waals surface area contributed by atoms with Crippen molar-refractivity contribution in [2.45, 2.75) is 20.0 Å². The number of hydrogen-bond donors (Lipinski definition) is 1. The van der Waals surface area contributed by atoms with Gasteiger partial charge in [-0.25, -0.2) is 4.39 Å². The number of nitrogens with one attached hydrogen (secondary N) is 1. The zero-order chi connectivity index (χ0) is 13.0. The summed E-state index contributed by atoms with van der Waals surface area (Å²) in [4.78, 5) is 11.8. The summed E-state index contributed by atoms with van der Waals surface area (Å²) in [5, 5.41) is 6.83. The third-order valence-electron chi connectivity index (χ3n) is 2.56. The second-order valence-electron chi connectivity index (χ2n) is 3.87. The number of amides is 1. The normalized spacial score (nSPS) is 10.3. The molecule has 0 bridgehead atoms. The van der Waals surface area contributed by atoms with Gasteiger partial charge in [-0.15, -0.1) is 0 Å². The van der Waals surface area contributed by atoms with E-state index >= 15 is 0 Å². The summed E-state index contributed by atoms with van der Waals surface area (Å²) < 4.78 is 14.4. The highest BCUT2D eigenvalue weighted by Crippen LogP contribution is 2.03. The third kappa shape index (κ3) is 2.94. The Bertz CT molecular complexity index is 533. The number of halogens is 1. The van der Waals surface area contributed by atoms with Crippen molar-refractivity contribution in [3.05, 3.63) is 53.6 Å². The largest absolute Gasteiger partial charge is 0.347 e. The van der Waals surface area contributed by atoms with Gasteiger partial charge in [0.05, 0.1) is 0 Å². The molecule has 4 nitrogen and oxygen atoms in total.